The third-order valence-corrected chi connectivity index (χ3v) is 3.36. The molecular formula is C14H22BrN. The van der Waals surface area contributed by atoms with Gasteiger partial charge >= 0.3 is 0 Å². The van der Waals surface area contributed by atoms with Crippen LogP contribution in [0, 0.1) is 5.92 Å². The van der Waals surface area contributed by atoms with Crippen molar-refractivity contribution in [2.24, 2.45) is 5.92 Å². The van der Waals surface area contributed by atoms with Gasteiger partial charge in [0.15, 0.2) is 0 Å². The minimum Gasteiger partial charge on any atom is -0.313 e. The summed E-state index contributed by atoms with van der Waals surface area (Å²) in [5.74, 6) is 0.676. The van der Waals surface area contributed by atoms with Gasteiger partial charge in [-0.3, -0.25) is 0 Å². The van der Waals surface area contributed by atoms with E-state index in [-0.39, 0.29) is 0 Å². The van der Waals surface area contributed by atoms with Crippen molar-refractivity contribution in [3.63, 3.8) is 0 Å². The van der Waals surface area contributed by atoms with Crippen LogP contribution in [0.3, 0.4) is 0 Å². The van der Waals surface area contributed by atoms with Gasteiger partial charge in [0.2, 0.25) is 0 Å². The molecule has 0 bridgehead atoms. The lowest BCUT2D eigenvalue weighted by Crippen LogP contribution is -2.36. The van der Waals surface area contributed by atoms with E-state index in [4.69, 9.17) is 0 Å². The standard InChI is InChI=1S/C14H22BrN/c1-4-9-16-14(11(2)3)10-12-5-7-13(15)8-6-12/h5-8,11,14,16H,4,9-10H2,1-3H3. The van der Waals surface area contributed by atoms with Crippen molar-refractivity contribution in [3.05, 3.63) is 34.3 Å². The van der Waals surface area contributed by atoms with Gasteiger partial charge in [-0.2, -0.15) is 0 Å². The first-order chi connectivity index (χ1) is 7.63. The number of hydrogen-bond donors (Lipinski definition) is 1. The molecular weight excluding hydrogens is 262 g/mol. The van der Waals surface area contributed by atoms with E-state index in [1.165, 1.54) is 12.0 Å². The number of benzene rings is 1. The predicted molar refractivity (Wildman–Crippen MR) is 74.8 cm³/mol. The number of hydrogen-bond acceptors (Lipinski definition) is 1. The quantitative estimate of drug-likeness (QED) is 0.832. The molecule has 1 atom stereocenters. The molecule has 0 saturated heterocycles. The fourth-order valence-electron chi connectivity index (χ4n) is 1.75. The monoisotopic (exact) mass is 283 g/mol. The molecule has 1 aromatic carbocycles. The summed E-state index contributed by atoms with van der Waals surface area (Å²) in [6, 6.07) is 9.22. The molecule has 16 heavy (non-hydrogen) atoms. The molecule has 0 heterocycles. The van der Waals surface area contributed by atoms with Crippen molar-refractivity contribution in [2.45, 2.75) is 39.7 Å². The fraction of sp³-hybridized carbons (Fsp3) is 0.571. The van der Waals surface area contributed by atoms with E-state index in [1.54, 1.807) is 0 Å². The van der Waals surface area contributed by atoms with E-state index in [9.17, 15) is 0 Å². The summed E-state index contributed by atoms with van der Waals surface area (Å²) >= 11 is 3.47. The van der Waals surface area contributed by atoms with E-state index >= 15 is 0 Å². The van der Waals surface area contributed by atoms with Crippen molar-refractivity contribution in [2.75, 3.05) is 6.54 Å². The van der Waals surface area contributed by atoms with Crippen molar-refractivity contribution < 1.29 is 0 Å². The van der Waals surface area contributed by atoms with Gasteiger partial charge in [0.05, 0.1) is 0 Å². The maximum atomic E-state index is 3.62. The highest BCUT2D eigenvalue weighted by atomic mass is 79.9. The van der Waals surface area contributed by atoms with E-state index in [2.05, 4.69) is 66.3 Å². The molecule has 0 amide bonds. The summed E-state index contributed by atoms with van der Waals surface area (Å²) in [5.41, 5.74) is 1.41. The minimum atomic E-state index is 0.584. The van der Waals surface area contributed by atoms with Crippen LogP contribution in [-0.4, -0.2) is 12.6 Å². The van der Waals surface area contributed by atoms with Crippen LogP contribution in [0.15, 0.2) is 28.7 Å². The Morgan fingerprint density at radius 3 is 2.31 bits per heavy atom. The average Bonchev–Trinajstić information content (AvgIpc) is 2.26. The van der Waals surface area contributed by atoms with E-state index in [0.717, 1.165) is 17.4 Å². The molecule has 1 nitrogen and oxygen atoms in total. The highest BCUT2D eigenvalue weighted by Crippen LogP contribution is 2.14. The van der Waals surface area contributed by atoms with Crippen LogP contribution >= 0.6 is 15.9 Å². The van der Waals surface area contributed by atoms with Crippen LogP contribution in [-0.2, 0) is 6.42 Å². The van der Waals surface area contributed by atoms with Crippen LogP contribution in [0.5, 0.6) is 0 Å². The van der Waals surface area contributed by atoms with Gasteiger partial charge in [-0.25, -0.2) is 0 Å². The maximum Gasteiger partial charge on any atom is 0.0175 e. The molecule has 1 rings (SSSR count). The first-order valence-corrected chi connectivity index (χ1v) is 6.90. The van der Waals surface area contributed by atoms with Crippen LogP contribution in [0.25, 0.3) is 0 Å². The van der Waals surface area contributed by atoms with Gasteiger partial charge in [0.1, 0.15) is 0 Å². The molecule has 0 aliphatic rings. The Bertz CT molecular complexity index is 292. The van der Waals surface area contributed by atoms with Crippen molar-refractivity contribution in [1.82, 2.24) is 5.32 Å². The second-order valence-corrected chi connectivity index (χ2v) is 5.55. The Labute approximate surface area is 108 Å². The molecule has 0 fully saturated rings. The first-order valence-electron chi connectivity index (χ1n) is 6.11. The van der Waals surface area contributed by atoms with E-state index < -0.39 is 0 Å². The van der Waals surface area contributed by atoms with Crippen molar-refractivity contribution >= 4 is 15.9 Å². The SMILES string of the molecule is CCCNC(Cc1ccc(Br)cc1)C(C)C. The van der Waals surface area contributed by atoms with Crippen molar-refractivity contribution in [3.8, 4) is 0 Å². The Hall–Kier alpha value is -0.340. The topological polar surface area (TPSA) is 12.0 Å². The zero-order valence-electron chi connectivity index (χ0n) is 10.5. The molecule has 0 saturated carbocycles. The summed E-state index contributed by atoms with van der Waals surface area (Å²) in [4.78, 5) is 0. The van der Waals surface area contributed by atoms with Gasteiger partial charge in [0.25, 0.3) is 0 Å². The summed E-state index contributed by atoms with van der Waals surface area (Å²) in [7, 11) is 0. The third-order valence-electron chi connectivity index (χ3n) is 2.83. The normalized spacial score (nSPS) is 13.1. The number of nitrogens with one attached hydrogen (secondary N) is 1. The maximum absolute atomic E-state index is 3.62. The Kier molecular flexibility index (Phi) is 6.07. The van der Waals surface area contributed by atoms with Crippen LogP contribution < -0.4 is 5.32 Å². The van der Waals surface area contributed by atoms with Crippen LogP contribution in [0.1, 0.15) is 32.8 Å². The molecule has 0 aliphatic carbocycles. The Balaban J connectivity index is 2.57. The summed E-state index contributed by atoms with van der Waals surface area (Å²) in [6.45, 7) is 7.89. The summed E-state index contributed by atoms with van der Waals surface area (Å²) < 4.78 is 1.15. The molecule has 90 valence electrons. The summed E-state index contributed by atoms with van der Waals surface area (Å²) in [5, 5.41) is 3.62. The van der Waals surface area contributed by atoms with Gasteiger partial charge in [0, 0.05) is 10.5 Å². The average molecular weight is 284 g/mol. The second kappa shape index (κ2) is 7.08. The molecule has 0 aliphatic heterocycles. The lowest BCUT2D eigenvalue weighted by molar-refractivity contribution is 0.397. The molecule has 0 aromatic heterocycles. The van der Waals surface area contributed by atoms with Gasteiger partial charge < -0.3 is 5.32 Å². The Morgan fingerprint density at radius 2 is 1.81 bits per heavy atom. The van der Waals surface area contributed by atoms with E-state index in [0.29, 0.717) is 12.0 Å². The molecule has 1 aromatic rings. The number of halogens is 1. The lowest BCUT2D eigenvalue weighted by Gasteiger charge is -2.22. The molecule has 1 N–H and O–H groups in total. The number of rotatable bonds is 6. The molecule has 2 heteroatoms. The Morgan fingerprint density at radius 1 is 1.19 bits per heavy atom. The third kappa shape index (κ3) is 4.67. The molecule has 0 radical (unpaired) electrons. The van der Waals surface area contributed by atoms with E-state index in [1.807, 2.05) is 0 Å². The predicted octanol–water partition coefficient (Wildman–Crippen LogP) is 4.02. The smallest absolute Gasteiger partial charge is 0.0175 e. The highest BCUT2D eigenvalue weighted by molar-refractivity contribution is 9.10. The second-order valence-electron chi connectivity index (χ2n) is 4.64. The lowest BCUT2D eigenvalue weighted by atomic mass is 9.96. The molecule has 0 spiro atoms. The minimum absolute atomic E-state index is 0.584. The van der Waals surface area contributed by atoms with Crippen LogP contribution in [0.4, 0.5) is 0 Å². The fourth-order valence-corrected chi connectivity index (χ4v) is 2.01. The van der Waals surface area contributed by atoms with Gasteiger partial charge in [-0.05, 0) is 43.0 Å². The summed E-state index contributed by atoms with van der Waals surface area (Å²) in [6.07, 6.45) is 2.31. The van der Waals surface area contributed by atoms with Crippen molar-refractivity contribution in [1.29, 1.82) is 0 Å². The largest absolute Gasteiger partial charge is 0.313 e. The zero-order valence-corrected chi connectivity index (χ0v) is 12.0. The molecule has 1 unspecified atom stereocenters. The zero-order chi connectivity index (χ0) is 12.0. The van der Waals surface area contributed by atoms with Crippen LogP contribution in [0.2, 0.25) is 0 Å². The highest BCUT2D eigenvalue weighted by Gasteiger charge is 2.12. The first kappa shape index (κ1) is 13.7. The van der Waals surface area contributed by atoms with Gasteiger partial charge in [-0.15, -0.1) is 0 Å². The van der Waals surface area contributed by atoms with Gasteiger partial charge in [-0.1, -0.05) is 48.8 Å².